The van der Waals surface area contributed by atoms with Gasteiger partial charge in [0.05, 0.1) is 18.2 Å². The molecule has 0 amide bonds. The Hall–Kier alpha value is -3.74. The van der Waals surface area contributed by atoms with Crippen LogP contribution in [0.25, 0.3) is 33.8 Å². The summed E-state index contributed by atoms with van der Waals surface area (Å²) in [6, 6.07) is 15.0. The summed E-state index contributed by atoms with van der Waals surface area (Å²) in [4.78, 5) is 16.2. The zero-order valence-corrected chi connectivity index (χ0v) is 19.6. The molecule has 2 heterocycles. The molecule has 0 aliphatic rings. The molecule has 172 valence electrons. The highest BCUT2D eigenvalue weighted by molar-refractivity contribution is 6.00. The lowest BCUT2D eigenvalue weighted by atomic mass is 9.88. The van der Waals surface area contributed by atoms with Crippen LogP contribution in [0.15, 0.2) is 52.9 Å². The maximum Gasteiger partial charge on any atom is 0.341 e. The number of carboxylic acids is 1. The lowest BCUT2D eigenvalue weighted by molar-refractivity contribution is 0.0692. The van der Waals surface area contributed by atoms with Gasteiger partial charge in [0.2, 0.25) is 11.8 Å². The highest BCUT2D eigenvalue weighted by Gasteiger charge is 2.24. The Morgan fingerprint density at radius 1 is 1.03 bits per heavy atom. The number of hydrogen-bond acceptors (Lipinski definition) is 6. The molecule has 1 N–H and O–H groups in total. The van der Waals surface area contributed by atoms with Crippen molar-refractivity contribution in [2.45, 2.75) is 46.5 Å². The molecular weight excluding hydrogens is 418 g/mol. The molecule has 0 saturated carbocycles. The smallest absolute Gasteiger partial charge is 0.341 e. The zero-order valence-electron chi connectivity index (χ0n) is 19.6. The van der Waals surface area contributed by atoms with Crippen LogP contribution in [0.5, 0.6) is 5.88 Å². The molecule has 0 unspecified atom stereocenters. The molecule has 2 aromatic carbocycles. The summed E-state index contributed by atoms with van der Waals surface area (Å²) in [7, 11) is 1.41. The average molecular weight is 448 g/mol. The fourth-order valence-electron chi connectivity index (χ4n) is 3.86. The molecule has 0 fully saturated rings. The van der Waals surface area contributed by atoms with Crippen LogP contribution in [-0.4, -0.2) is 33.4 Å². The van der Waals surface area contributed by atoms with E-state index < -0.39 is 5.97 Å². The summed E-state index contributed by atoms with van der Waals surface area (Å²) >= 11 is 0. The van der Waals surface area contributed by atoms with Crippen molar-refractivity contribution in [1.29, 1.82) is 0 Å². The van der Waals surface area contributed by atoms with E-state index in [9.17, 15) is 9.90 Å². The first-order valence-electron chi connectivity index (χ1n) is 11.2. The fourth-order valence-corrected chi connectivity index (χ4v) is 3.86. The lowest BCUT2D eigenvalue weighted by Crippen LogP contribution is -2.05. The first kappa shape index (κ1) is 23.9. The third-order valence-corrected chi connectivity index (χ3v) is 5.49. The van der Waals surface area contributed by atoms with Crippen LogP contribution in [-0.2, 0) is 0 Å². The fraction of sp³-hybridized carbons (Fsp3) is 0.308. The van der Waals surface area contributed by atoms with Crippen LogP contribution >= 0.6 is 0 Å². The minimum absolute atomic E-state index is 0.00624. The van der Waals surface area contributed by atoms with Crippen LogP contribution in [0, 0.1) is 0 Å². The van der Waals surface area contributed by atoms with Gasteiger partial charge in [0.15, 0.2) is 0 Å². The first-order chi connectivity index (χ1) is 16.1. The van der Waals surface area contributed by atoms with Crippen LogP contribution < -0.4 is 4.74 Å². The Morgan fingerprint density at radius 2 is 1.70 bits per heavy atom. The second-order valence-corrected chi connectivity index (χ2v) is 7.24. The van der Waals surface area contributed by atoms with Gasteiger partial charge in [-0.25, -0.2) is 9.78 Å². The van der Waals surface area contributed by atoms with Crippen LogP contribution in [0.4, 0.5) is 0 Å². The minimum Gasteiger partial charge on any atom is -0.480 e. The van der Waals surface area contributed by atoms with Gasteiger partial charge >= 0.3 is 5.97 Å². The first-order valence-corrected chi connectivity index (χ1v) is 11.2. The second-order valence-electron chi connectivity index (χ2n) is 7.24. The zero-order chi connectivity index (χ0) is 24.0. The minimum atomic E-state index is -1.10. The normalized spacial score (nSPS) is 10.7. The molecule has 0 aliphatic heterocycles. The molecule has 0 spiro atoms. The van der Waals surface area contributed by atoms with Gasteiger partial charge in [0.25, 0.3) is 5.89 Å². The SMILES string of the molecule is CC.CCC(CC)c1ccc2cc(C(=O)O)c(OC)nc2c1-c1nnc(-c2ccccc2)o1. The van der Waals surface area contributed by atoms with Crippen LogP contribution in [0.3, 0.4) is 0 Å². The summed E-state index contributed by atoms with van der Waals surface area (Å²) in [5.74, 6) is -0.0219. The summed E-state index contributed by atoms with van der Waals surface area (Å²) in [5.41, 5.74) is 3.17. The number of aromatic carboxylic acids is 1. The van der Waals surface area contributed by atoms with Crippen molar-refractivity contribution in [3.8, 4) is 28.8 Å². The van der Waals surface area contributed by atoms with Crippen LogP contribution in [0.1, 0.15) is 62.4 Å². The number of aromatic nitrogens is 3. The molecule has 7 heteroatoms. The quantitative estimate of drug-likeness (QED) is 0.341. The van der Waals surface area contributed by atoms with Crippen molar-refractivity contribution in [2.24, 2.45) is 0 Å². The van der Waals surface area contributed by atoms with E-state index in [2.05, 4.69) is 29.0 Å². The molecule has 2 aromatic heterocycles. The van der Waals surface area contributed by atoms with Crippen molar-refractivity contribution < 1.29 is 19.1 Å². The molecule has 33 heavy (non-hydrogen) atoms. The molecule has 0 saturated heterocycles. The third-order valence-electron chi connectivity index (χ3n) is 5.49. The Kier molecular flexibility index (Phi) is 7.77. The molecule has 4 rings (SSSR count). The van der Waals surface area contributed by atoms with E-state index in [0.717, 1.165) is 29.5 Å². The number of pyridine rings is 1. The summed E-state index contributed by atoms with van der Waals surface area (Å²) < 4.78 is 11.4. The van der Waals surface area contributed by atoms with Gasteiger partial charge in [-0.2, -0.15) is 0 Å². The van der Waals surface area contributed by atoms with Crippen molar-refractivity contribution in [3.05, 3.63) is 59.7 Å². The molecule has 0 atom stereocenters. The van der Waals surface area contributed by atoms with Crippen molar-refractivity contribution in [2.75, 3.05) is 7.11 Å². The van der Waals surface area contributed by atoms with Gasteiger partial charge < -0.3 is 14.3 Å². The average Bonchev–Trinajstić information content (AvgIpc) is 3.35. The number of methoxy groups -OCH3 is 1. The largest absolute Gasteiger partial charge is 0.480 e. The van der Waals surface area contributed by atoms with Gasteiger partial charge in [-0.1, -0.05) is 58.0 Å². The van der Waals surface area contributed by atoms with Gasteiger partial charge in [-0.3, -0.25) is 0 Å². The van der Waals surface area contributed by atoms with Crippen molar-refractivity contribution in [3.63, 3.8) is 0 Å². The molecular formula is C26H29N3O4. The number of nitrogens with zero attached hydrogens (tertiary/aromatic N) is 3. The van der Waals surface area contributed by atoms with E-state index in [4.69, 9.17) is 9.15 Å². The number of rotatable bonds is 7. The summed E-state index contributed by atoms with van der Waals surface area (Å²) in [6.07, 6.45) is 1.86. The van der Waals surface area contributed by atoms with Crippen LogP contribution in [0.2, 0.25) is 0 Å². The summed E-state index contributed by atoms with van der Waals surface area (Å²) in [6.45, 7) is 8.26. The second kappa shape index (κ2) is 10.7. The number of fused-ring (bicyclic) bond motifs is 1. The highest BCUT2D eigenvalue weighted by Crippen LogP contribution is 2.39. The Morgan fingerprint density at radius 3 is 2.30 bits per heavy atom. The maximum atomic E-state index is 11.6. The van der Waals surface area contributed by atoms with Gasteiger partial charge in [0, 0.05) is 10.9 Å². The maximum absolute atomic E-state index is 11.6. The molecule has 0 aliphatic carbocycles. The third kappa shape index (κ3) is 4.72. The Balaban J connectivity index is 0.00000149. The van der Waals surface area contributed by atoms with Gasteiger partial charge in [-0.05, 0) is 42.5 Å². The van der Waals surface area contributed by atoms with Gasteiger partial charge in [0.1, 0.15) is 5.56 Å². The van der Waals surface area contributed by atoms with E-state index in [1.807, 2.05) is 56.3 Å². The van der Waals surface area contributed by atoms with Gasteiger partial charge in [-0.15, -0.1) is 10.2 Å². The van der Waals surface area contributed by atoms with Crippen molar-refractivity contribution >= 4 is 16.9 Å². The van der Waals surface area contributed by atoms with E-state index in [0.29, 0.717) is 22.7 Å². The topological polar surface area (TPSA) is 98.3 Å². The molecule has 7 nitrogen and oxygen atoms in total. The van der Waals surface area contributed by atoms with E-state index >= 15 is 0 Å². The monoisotopic (exact) mass is 447 g/mol. The predicted octanol–water partition coefficient (Wildman–Crippen LogP) is 6.59. The summed E-state index contributed by atoms with van der Waals surface area (Å²) in [5, 5.41) is 18.8. The number of carboxylic acid groups (broad SMARTS) is 1. The van der Waals surface area contributed by atoms with E-state index in [1.54, 1.807) is 6.07 Å². The van der Waals surface area contributed by atoms with Crippen molar-refractivity contribution in [1.82, 2.24) is 15.2 Å². The number of hydrogen-bond donors (Lipinski definition) is 1. The standard InChI is InChI=1S/C24H23N3O4.C2H6/c1-4-14(5-2)17-12-11-16-13-18(24(28)29)22(30-3)25-20(16)19(17)23-27-26-21(31-23)15-9-7-6-8-10-15;1-2/h6-14H,4-5H2,1-3H3,(H,28,29);1-2H3. The molecule has 4 aromatic rings. The number of benzene rings is 2. The molecule has 0 radical (unpaired) electrons. The predicted molar refractivity (Wildman–Crippen MR) is 129 cm³/mol. The lowest BCUT2D eigenvalue weighted by Gasteiger charge is -2.18. The Bertz CT molecular complexity index is 1230. The Labute approximate surface area is 193 Å². The van der Waals surface area contributed by atoms with E-state index in [1.165, 1.54) is 7.11 Å². The van der Waals surface area contributed by atoms with E-state index in [-0.39, 0.29) is 17.4 Å². The molecule has 0 bridgehead atoms. The highest BCUT2D eigenvalue weighted by atomic mass is 16.5. The number of carbonyl (C=O) groups is 1. The number of ether oxygens (including phenoxy) is 1.